The van der Waals surface area contributed by atoms with Crippen LogP contribution in [0.25, 0.3) is 11.1 Å². The molecule has 1 aromatic carbocycles. The Hall–Kier alpha value is -3.11. The van der Waals surface area contributed by atoms with Crippen LogP contribution < -0.4 is 20.5 Å². The molecule has 122 valence electrons. The summed E-state index contributed by atoms with van der Waals surface area (Å²) in [7, 11) is 1.41. The molecule has 1 saturated heterocycles. The lowest BCUT2D eigenvalue weighted by atomic mass is 9.98. The van der Waals surface area contributed by atoms with Gasteiger partial charge in [0.1, 0.15) is 17.9 Å². The third kappa shape index (κ3) is 3.00. The summed E-state index contributed by atoms with van der Waals surface area (Å²) < 4.78 is 10.8. The number of aromatic nitrogens is 1. The van der Waals surface area contributed by atoms with Gasteiger partial charge in [-0.2, -0.15) is 5.26 Å². The van der Waals surface area contributed by atoms with Gasteiger partial charge in [0.2, 0.25) is 11.8 Å². The summed E-state index contributed by atoms with van der Waals surface area (Å²) in [4.78, 5) is 15.9. The molecular weight excluding hydrogens is 308 g/mol. The highest BCUT2D eigenvalue weighted by Crippen LogP contribution is 2.30. The van der Waals surface area contributed by atoms with Crippen molar-refractivity contribution in [3.63, 3.8) is 0 Å². The van der Waals surface area contributed by atoms with E-state index in [1.54, 1.807) is 24.3 Å². The molecule has 1 amide bonds. The van der Waals surface area contributed by atoms with Crippen molar-refractivity contribution in [3.05, 3.63) is 41.6 Å². The smallest absolute Gasteiger partial charge is 0.249 e. The molecule has 1 aliphatic rings. The molecule has 3 rings (SSSR count). The Labute approximate surface area is 139 Å². The first kappa shape index (κ1) is 15.8. The Bertz CT molecular complexity index is 808. The first-order valence-electron chi connectivity index (χ1n) is 7.39. The van der Waals surface area contributed by atoms with Gasteiger partial charge < -0.3 is 20.5 Å². The number of hydrogen-bond donors (Lipinski definition) is 2. The highest BCUT2D eigenvalue weighted by Gasteiger charge is 2.20. The Morgan fingerprint density at radius 2 is 2.08 bits per heavy atom. The Balaban J connectivity index is 2.01. The molecular formula is C17H16N4O3. The Kier molecular flexibility index (Phi) is 4.31. The van der Waals surface area contributed by atoms with Crippen molar-refractivity contribution in [2.45, 2.75) is 6.10 Å². The third-order valence-corrected chi connectivity index (χ3v) is 3.77. The van der Waals surface area contributed by atoms with E-state index in [1.165, 1.54) is 13.2 Å². The molecule has 0 saturated carbocycles. The number of methoxy groups -OCH3 is 1. The number of nitrogens with zero attached hydrogens (tertiary/aromatic N) is 2. The summed E-state index contributed by atoms with van der Waals surface area (Å²) in [5.41, 5.74) is 6.78. The SMILES string of the molecule is COc1cc(C(N)=O)c(-c2ccc(OC3CNC3)cc2)c(C#N)n1. The van der Waals surface area contributed by atoms with Crippen molar-refractivity contribution in [1.29, 1.82) is 5.26 Å². The van der Waals surface area contributed by atoms with Gasteiger partial charge in [-0.05, 0) is 17.7 Å². The number of primary amides is 1. The fourth-order valence-corrected chi connectivity index (χ4v) is 2.43. The van der Waals surface area contributed by atoms with Gasteiger partial charge in [-0.1, -0.05) is 12.1 Å². The number of benzene rings is 1. The van der Waals surface area contributed by atoms with Crippen LogP contribution in [0, 0.1) is 11.3 Å². The number of amides is 1. The number of hydrogen-bond acceptors (Lipinski definition) is 6. The number of nitriles is 1. The largest absolute Gasteiger partial charge is 0.488 e. The molecule has 0 bridgehead atoms. The van der Waals surface area contributed by atoms with Crippen LogP contribution in [0.1, 0.15) is 16.1 Å². The molecule has 2 heterocycles. The van der Waals surface area contributed by atoms with Crippen LogP contribution in [0.15, 0.2) is 30.3 Å². The van der Waals surface area contributed by atoms with E-state index in [1.807, 2.05) is 6.07 Å². The van der Waals surface area contributed by atoms with E-state index in [9.17, 15) is 10.1 Å². The van der Waals surface area contributed by atoms with Crippen LogP contribution >= 0.6 is 0 Å². The lowest BCUT2D eigenvalue weighted by molar-refractivity contribution is 0.100. The second kappa shape index (κ2) is 6.56. The minimum absolute atomic E-state index is 0.0833. The lowest BCUT2D eigenvalue weighted by Crippen LogP contribution is -2.50. The molecule has 0 aliphatic carbocycles. The zero-order valence-corrected chi connectivity index (χ0v) is 13.1. The Morgan fingerprint density at radius 1 is 1.38 bits per heavy atom. The summed E-state index contributed by atoms with van der Waals surface area (Å²) in [6.07, 6.45) is 0.175. The van der Waals surface area contributed by atoms with Gasteiger partial charge in [0.15, 0.2) is 5.69 Å². The van der Waals surface area contributed by atoms with Crippen molar-refractivity contribution in [1.82, 2.24) is 10.3 Å². The molecule has 1 fully saturated rings. The minimum Gasteiger partial charge on any atom is -0.488 e. The monoisotopic (exact) mass is 324 g/mol. The average molecular weight is 324 g/mol. The highest BCUT2D eigenvalue weighted by atomic mass is 16.5. The zero-order chi connectivity index (χ0) is 17.1. The second-order valence-electron chi connectivity index (χ2n) is 5.33. The molecule has 0 atom stereocenters. The van der Waals surface area contributed by atoms with E-state index >= 15 is 0 Å². The van der Waals surface area contributed by atoms with Crippen LogP contribution in [-0.2, 0) is 0 Å². The van der Waals surface area contributed by atoms with Crippen molar-refractivity contribution < 1.29 is 14.3 Å². The van der Waals surface area contributed by atoms with Gasteiger partial charge >= 0.3 is 0 Å². The topological polar surface area (TPSA) is 110 Å². The van der Waals surface area contributed by atoms with Gasteiger partial charge in [-0.25, -0.2) is 4.98 Å². The van der Waals surface area contributed by atoms with E-state index in [2.05, 4.69) is 10.3 Å². The maximum Gasteiger partial charge on any atom is 0.249 e. The number of carbonyl (C=O) groups excluding carboxylic acids is 1. The number of rotatable bonds is 5. The first-order chi connectivity index (χ1) is 11.6. The normalized spacial score (nSPS) is 13.7. The van der Waals surface area contributed by atoms with Gasteiger partial charge in [-0.15, -0.1) is 0 Å². The van der Waals surface area contributed by atoms with Gasteiger partial charge in [0, 0.05) is 24.7 Å². The highest BCUT2D eigenvalue weighted by molar-refractivity contribution is 6.01. The van der Waals surface area contributed by atoms with E-state index in [4.69, 9.17) is 15.2 Å². The Morgan fingerprint density at radius 3 is 2.58 bits per heavy atom. The van der Waals surface area contributed by atoms with Gasteiger partial charge in [-0.3, -0.25) is 4.79 Å². The fourth-order valence-electron chi connectivity index (χ4n) is 2.43. The molecule has 7 nitrogen and oxygen atoms in total. The van der Waals surface area contributed by atoms with Crippen molar-refractivity contribution in [2.24, 2.45) is 5.73 Å². The van der Waals surface area contributed by atoms with Crippen LogP contribution in [0.2, 0.25) is 0 Å². The number of pyridine rings is 1. The average Bonchev–Trinajstić information content (AvgIpc) is 2.57. The number of nitrogens with two attached hydrogens (primary N) is 1. The third-order valence-electron chi connectivity index (χ3n) is 3.77. The zero-order valence-electron chi connectivity index (χ0n) is 13.1. The molecule has 3 N–H and O–H groups in total. The predicted octanol–water partition coefficient (Wildman–Crippen LogP) is 1.08. The van der Waals surface area contributed by atoms with Gasteiger partial charge in [0.25, 0.3) is 0 Å². The molecule has 0 unspecified atom stereocenters. The summed E-state index contributed by atoms with van der Waals surface area (Å²) in [6.45, 7) is 1.66. The molecule has 2 aromatic rings. The van der Waals surface area contributed by atoms with Crippen LogP contribution in [0.5, 0.6) is 11.6 Å². The van der Waals surface area contributed by atoms with Crippen molar-refractivity contribution in [3.8, 4) is 28.8 Å². The minimum atomic E-state index is -0.650. The molecule has 24 heavy (non-hydrogen) atoms. The van der Waals surface area contributed by atoms with E-state index in [-0.39, 0.29) is 23.2 Å². The maximum absolute atomic E-state index is 11.8. The summed E-state index contributed by atoms with van der Waals surface area (Å²) >= 11 is 0. The van der Waals surface area contributed by atoms with Crippen molar-refractivity contribution >= 4 is 5.91 Å². The molecule has 7 heteroatoms. The lowest BCUT2D eigenvalue weighted by Gasteiger charge is -2.27. The summed E-state index contributed by atoms with van der Waals surface area (Å²) in [5.74, 6) is 0.246. The van der Waals surface area contributed by atoms with Crippen LogP contribution in [0.3, 0.4) is 0 Å². The quantitative estimate of drug-likeness (QED) is 0.851. The number of carbonyl (C=O) groups is 1. The number of ether oxygens (including phenoxy) is 2. The molecule has 0 spiro atoms. The first-order valence-corrected chi connectivity index (χ1v) is 7.39. The molecule has 1 aromatic heterocycles. The van der Waals surface area contributed by atoms with Gasteiger partial charge in [0.05, 0.1) is 12.7 Å². The van der Waals surface area contributed by atoms with E-state index in [0.29, 0.717) is 11.1 Å². The molecule has 0 radical (unpaired) electrons. The molecule has 1 aliphatic heterocycles. The maximum atomic E-state index is 11.8. The fraction of sp³-hybridized carbons (Fsp3) is 0.235. The second-order valence-corrected chi connectivity index (χ2v) is 5.33. The van der Waals surface area contributed by atoms with E-state index in [0.717, 1.165) is 18.8 Å². The number of nitrogens with one attached hydrogen (secondary N) is 1. The predicted molar refractivity (Wildman–Crippen MR) is 86.7 cm³/mol. The van der Waals surface area contributed by atoms with Crippen LogP contribution in [-0.4, -0.2) is 37.2 Å². The van der Waals surface area contributed by atoms with Crippen LogP contribution in [0.4, 0.5) is 0 Å². The summed E-state index contributed by atoms with van der Waals surface area (Å²) in [6, 6.07) is 10.6. The van der Waals surface area contributed by atoms with E-state index < -0.39 is 5.91 Å². The summed E-state index contributed by atoms with van der Waals surface area (Å²) in [5, 5.41) is 12.5. The standard InChI is InChI=1S/C17H16N4O3/c1-23-15-6-13(17(19)22)16(14(7-18)21-15)10-2-4-11(5-3-10)24-12-8-20-9-12/h2-6,12,20H,8-9H2,1H3,(H2,19,22). The van der Waals surface area contributed by atoms with Crippen molar-refractivity contribution in [2.75, 3.05) is 20.2 Å².